The minimum atomic E-state index is 0.179. The Morgan fingerprint density at radius 1 is 1.42 bits per heavy atom. The quantitative estimate of drug-likeness (QED) is 0.739. The molecule has 1 aromatic rings. The number of aliphatic hydroxyl groups excluding tert-OH is 1. The summed E-state index contributed by atoms with van der Waals surface area (Å²) in [6.07, 6.45) is 0.719. The van der Waals surface area contributed by atoms with E-state index < -0.39 is 0 Å². The summed E-state index contributed by atoms with van der Waals surface area (Å²) in [7, 11) is 3.46. The van der Waals surface area contributed by atoms with Crippen LogP contribution in [0.2, 0.25) is 0 Å². The van der Waals surface area contributed by atoms with E-state index in [4.69, 9.17) is 9.84 Å². The third kappa shape index (κ3) is 4.65. The smallest absolute Gasteiger partial charge is 0.158 e. The summed E-state index contributed by atoms with van der Waals surface area (Å²) in [4.78, 5) is 11.0. The summed E-state index contributed by atoms with van der Waals surface area (Å²) in [6.45, 7) is 5.54. The van der Waals surface area contributed by atoms with Gasteiger partial charge in [0.1, 0.15) is 18.2 Å². The summed E-state index contributed by atoms with van der Waals surface area (Å²) < 4.78 is 5.09. The number of nitrogens with zero attached hydrogens (tertiary/aromatic N) is 3. The van der Waals surface area contributed by atoms with Gasteiger partial charge in [-0.05, 0) is 20.3 Å². The lowest BCUT2D eigenvalue weighted by Gasteiger charge is -2.28. The van der Waals surface area contributed by atoms with Crippen LogP contribution in [-0.2, 0) is 11.3 Å². The highest BCUT2D eigenvalue weighted by Gasteiger charge is 2.14. The molecule has 0 aromatic carbocycles. The number of hydrogen-bond donors (Lipinski definition) is 2. The molecule has 0 saturated carbocycles. The molecule has 2 N–H and O–H groups in total. The van der Waals surface area contributed by atoms with E-state index in [9.17, 15) is 0 Å². The molecule has 6 heteroatoms. The van der Waals surface area contributed by atoms with Gasteiger partial charge in [0.2, 0.25) is 0 Å². The first-order valence-electron chi connectivity index (χ1n) is 6.54. The standard InChI is InChI=1S/C13H24N4O2/c1-10(2)17(6-5-7-18)13-8-11(14-3)15-12(16-13)9-19-4/h8,10,18H,5-7,9H2,1-4H3,(H,14,15,16). The van der Waals surface area contributed by atoms with Crippen LogP contribution in [0.25, 0.3) is 0 Å². The Balaban J connectivity index is 3.02. The summed E-state index contributed by atoms with van der Waals surface area (Å²) in [6, 6.07) is 2.22. The topological polar surface area (TPSA) is 70.5 Å². The normalized spacial score (nSPS) is 10.8. The number of aliphatic hydroxyl groups is 1. The number of nitrogens with one attached hydrogen (secondary N) is 1. The number of rotatable bonds is 8. The Bertz CT molecular complexity index is 385. The van der Waals surface area contributed by atoms with Crippen LogP contribution < -0.4 is 10.2 Å². The van der Waals surface area contributed by atoms with Gasteiger partial charge in [-0.15, -0.1) is 0 Å². The van der Waals surface area contributed by atoms with E-state index in [0.717, 1.165) is 24.6 Å². The molecule has 0 radical (unpaired) electrons. The number of anilines is 2. The number of hydrogen-bond acceptors (Lipinski definition) is 6. The highest BCUT2D eigenvalue weighted by Crippen LogP contribution is 2.18. The van der Waals surface area contributed by atoms with Gasteiger partial charge in [-0.3, -0.25) is 0 Å². The van der Waals surface area contributed by atoms with E-state index in [2.05, 4.69) is 34.0 Å². The Kier molecular flexibility index (Phi) is 6.52. The van der Waals surface area contributed by atoms with E-state index >= 15 is 0 Å². The zero-order chi connectivity index (χ0) is 14.3. The Morgan fingerprint density at radius 2 is 2.16 bits per heavy atom. The second kappa shape index (κ2) is 7.91. The summed E-state index contributed by atoms with van der Waals surface area (Å²) in [5.74, 6) is 2.28. The minimum Gasteiger partial charge on any atom is -0.396 e. The predicted molar refractivity (Wildman–Crippen MR) is 76.5 cm³/mol. The van der Waals surface area contributed by atoms with Gasteiger partial charge in [-0.1, -0.05) is 0 Å². The average Bonchev–Trinajstić information content (AvgIpc) is 2.39. The van der Waals surface area contributed by atoms with Gasteiger partial charge in [-0.25, -0.2) is 9.97 Å². The van der Waals surface area contributed by atoms with Crippen LogP contribution in [0.15, 0.2) is 6.07 Å². The maximum Gasteiger partial charge on any atom is 0.158 e. The second-order valence-corrected chi connectivity index (χ2v) is 4.57. The molecule has 108 valence electrons. The molecule has 1 heterocycles. The lowest BCUT2D eigenvalue weighted by Crippen LogP contribution is -2.33. The third-order valence-electron chi connectivity index (χ3n) is 2.76. The number of ether oxygens (including phenoxy) is 1. The molecule has 1 aromatic heterocycles. The van der Waals surface area contributed by atoms with Crippen LogP contribution in [0.4, 0.5) is 11.6 Å². The summed E-state index contributed by atoms with van der Waals surface area (Å²) in [5.41, 5.74) is 0. The van der Waals surface area contributed by atoms with Gasteiger partial charge in [0.15, 0.2) is 5.82 Å². The van der Waals surface area contributed by atoms with Gasteiger partial charge in [0.05, 0.1) is 0 Å². The molecule has 0 fully saturated rings. The number of aromatic nitrogens is 2. The van der Waals surface area contributed by atoms with E-state index in [0.29, 0.717) is 18.5 Å². The molecule has 1 rings (SSSR count). The fourth-order valence-corrected chi connectivity index (χ4v) is 1.83. The van der Waals surface area contributed by atoms with Crippen molar-refractivity contribution in [3.05, 3.63) is 11.9 Å². The molecule has 19 heavy (non-hydrogen) atoms. The fourth-order valence-electron chi connectivity index (χ4n) is 1.83. The lowest BCUT2D eigenvalue weighted by atomic mass is 10.2. The SMILES string of the molecule is CNc1cc(N(CCCO)C(C)C)nc(COC)n1. The van der Waals surface area contributed by atoms with Gasteiger partial charge >= 0.3 is 0 Å². The summed E-state index contributed by atoms with van der Waals surface area (Å²) in [5, 5.41) is 12.0. The Morgan fingerprint density at radius 3 is 2.68 bits per heavy atom. The minimum absolute atomic E-state index is 0.179. The molecule has 0 aliphatic rings. The van der Waals surface area contributed by atoms with Gasteiger partial charge < -0.3 is 20.1 Å². The largest absolute Gasteiger partial charge is 0.396 e. The zero-order valence-electron chi connectivity index (χ0n) is 12.2. The van der Waals surface area contributed by atoms with Crippen molar-refractivity contribution < 1.29 is 9.84 Å². The monoisotopic (exact) mass is 268 g/mol. The molecule has 0 unspecified atom stereocenters. The van der Waals surface area contributed by atoms with Crippen molar-refractivity contribution in [1.29, 1.82) is 0 Å². The average molecular weight is 268 g/mol. The lowest BCUT2D eigenvalue weighted by molar-refractivity contribution is 0.178. The molecule has 0 saturated heterocycles. The van der Waals surface area contributed by atoms with Crippen LogP contribution in [0.5, 0.6) is 0 Å². The molecule has 6 nitrogen and oxygen atoms in total. The molecule has 0 atom stereocenters. The molecule has 0 aliphatic heterocycles. The van der Waals surface area contributed by atoms with E-state index in [-0.39, 0.29) is 6.61 Å². The first-order chi connectivity index (χ1) is 9.12. The van der Waals surface area contributed by atoms with Crippen LogP contribution in [0, 0.1) is 0 Å². The van der Waals surface area contributed by atoms with Crippen molar-refractivity contribution in [1.82, 2.24) is 9.97 Å². The maximum atomic E-state index is 8.99. The third-order valence-corrected chi connectivity index (χ3v) is 2.76. The van der Waals surface area contributed by atoms with Crippen molar-refractivity contribution in [3.63, 3.8) is 0 Å². The van der Waals surface area contributed by atoms with Crippen LogP contribution in [0.3, 0.4) is 0 Å². The van der Waals surface area contributed by atoms with Crippen LogP contribution in [-0.4, -0.2) is 48.4 Å². The molecule has 0 bridgehead atoms. The summed E-state index contributed by atoms with van der Waals surface area (Å²) >= 11 is 0. The maximum absolute atomic E-state index is 8.99. The second-order valence-electron chi connectivity index (χ2n) is 4.57. The van der Waals surface area contributed by atoms with Crippen molar-refractivity contribution >= 4 is 11.6 Å². The van der Waals surface area contributed by atoms with Crippen LogP contribution >= 0.6 is 0 Å². The highest BCUT2D eigenvalue weighted by molar-refractivity contribution is 5.49. The molecule has 0 spiro atoms. The number of methoxy groups -OCH3 is 1. The predicted octanol–water partition coefficient (Wildman–Crippen LogP) is 1.26. The van der Waals surface area contributed by atoms with E-state index in [1.54, 1.807) is 7.11 Å². The first kappa shape index (κ1) is 15.7. The molecule has 0 aliphatic carbocycles. The van der Waals surface area contributed by atoms with Crippen molar-refractivity contribution in [3.8, 4) is 0 Å². The van der Waals surface area contributed by atoms with Crippen LogP contribution in [0.1, 0.15) is 26.1 Å². The zero-order valence-corrected chi connectivity index (χ0v) is 12.2. The van der Waals surface area contributed by atoms with Crippen molar-refractivity contribution in [2.45, 2.75) is 32.9 Å². The Labute approximate surface area is 114 Å². The van der Waals surface area contributed by atoms with E-state index in [1.165, 1.54) is 0 Å². The van der Waals surface area contributed by atoms with Gasteiger partial charge in [0.25, 0.3) is 0 Å². The molecule has 0 amide bonds. The highest BCUT2D eigenvalue weighted by atomic mass is 16.5. The van der Waals surface area contributed by atoms with Crippen molar-refractivity contribution in [2.24, 2.45) is 0 Å². The first-order valence-corrected chi connectivity index (χ1v) is 6.54. The van der Waals surface area contributed by atoms with Gasteiger partial charge in [0, 0.05) is 39.4 Å². The van der Waals surface area contributed by atoms with Crippen molar-refractivity contribution in [2.75, 3.05) is 37.5 Å². The van der Waals surface area contributed by atoms with Gasteiger partial charge in [-0.2, -0.15) is 0 Å². The Hall–Kier alpha value is -1.40. The molecular weight excluding hydrogens is 244 g/mol. The fraction of sp³-hybridized carbons (Fsp3) is 0.692. The molecular formula is C13H24N4O2. The van der Waals surface area contributed by atoms with E-state index in [1.807, 2.05) is 13.1 Å².